The van der Waals surface area contributed by atoms with Crippen LogP contribution in [0.15, 0.2) is 17.5 Å². The molecular weight excluding hydrogens is 376 g/mol. The third kappa shape index (κ3) is 4.25. The number of rotatable bonds is 5. The molecule has 3 aliphatic heterocycles. The Bertz CT molecular complexity index is 677. The monoisotopic (exact) mass is 406 g/mol. The molecule has 0 unspecified atom stereocenters. The Hall–Kier alpha value is -1.48. The second-order valence-electron chi connectivity index (χ2n) is 7.95. The van der Waals surface area contributed by atoms with Crippen molar-refractivity contribution >= 4 is 23.2 Å². The minimum absolute atomic E-state index is 0.105. The van der Waals surface area contributed by atoms with E-state index < -0.39 is 0 Å². The van der Waals surface area contributed by atoms with Crippen LogP contribution in [0.2, 0.25) is 0 Å². The number of carbonyl (C=O) groups is 2. The summed E-state index contributed by atoms with van der Waals surface area (Å²) < 4.78 is 5.33. The summed E-state index contributed by atoms with van der Waals surface area (Å²) in [4.78, 5) is 33.2. The molecule has 3 fully saturated rings. The van der Waals surface area contributed by atoms with Crippen molar-refractivity contribution in [2.45, 2.75) is 43.9 Å². The standard InChI is InChI=1S/C20H30N4O3S/c1-22-15(4-5-18(25)23-8-10-27-11-9-23)13-21-20(26)19-17(22)6-7-24(19)14-16-3-2-12-28-16/h2-3,12,15,17,19H,4-11,13-14H2,1H3,(H,21,26)/t15-,17+,19-/m0/s1. The van der Waals surface area contributed by atoms with Crippen molar-refractivity contribution in [2.24, 2.45) is 0 Å². The smallest absolute Gasteiger partial charge is 0.239 e. The summed E-state index contributed by atoms with van der Waals surface area (Å²) in [6.07, 6.45) is 2.30. The molecule has 0 saturated carbocycles. The molecule has 3 atom stereocenters. The second-order valence-corrected chi connectivity index (χ2v) is 8.98. The van der Waals surface area contributed by atoms with Crippen molar-refractivity contribution in [3.8, 4) is 0 Å². The van der Waals surface area contributed by atoms with Crippen LogP contribution in [0.3, 0.4) is 0 Å². The molecule has 4 rings (SSSR count). The first-order chi connectivity index (χ1) is 13.6. The van der Waals surface area contributed by atoms with E-state index in [1.807, 2.05) is 4.90 Å². The van der Waals surface area contributed by atoms with Crippen molar-refractivity contribution in [2.75, 3.05) is 46.4 Å². The van der Waals surface area contributed by atoms with Gasteiger partial charge in [0.15, 0.2) is 0 Å². The number of hydrogen-bond donors (Lipinski definition) is 1. The zero-order valence-electron chi connectivity index (χ0n) is 16.5. The number of carbonyl (C=O) groups excluding carboxylic acids is 2. The van der Waals surface area contributed by atoms with Crippen LogP contribution in [0, 0.1) is 0 Å². The van der Waals surface area contributed by atoms with Crippen molar-refractivity contribution < 1.29 is 14.3 Å². The Morgan fingerprint density at radius 1 is 1.32 bits per heavy atom. The summed E-state index contributed by atoms with van der Waals surface area (Å²) in [5, 5.41) is 5.23. The average molecular weight is 407 g/mol. The number of fused-ring (bicyclic) bond motifs is 1. The molecule has 0 bridgehead atoms. The van der Waals surface area contributed by atoms with Gasteiger partial charge in [0.1, 0.15) is 6.04 Å². The molecule has 1 aromatic rings. The van der Waals surface area contributed by atoms with Crippen molar-refractivity contribution in [3.05, 3.63) is 22.4 Å². The molecular formula is C20H30N4O3S. The predicted octanol–water partition coefficient (Wildman–Crippen LogP) is 0.760. The third-order valence-electron chi connectivity index (χ3n) is 6.34. The number of nitrogens with one attached hydrogen (secondary N) is 1. The number of morpholine rings is 1. The number of ether oxygens (including phenoxy) is 1. The lowest BCUT2D eigenvalue weighted by Crippen LogP contribution is -2.49. The van der Waals surface area contributed by atoms with Crippen molar-refractivity contribution in [3.63, 3.8) is 0 Å². The molecule has 3 aliphatic rings. The van der Waals surface area contributed by atoms with E-state index in [1.54, 1.807) is 11.3 Å². The molecule has 0 radical (unpaired) electrons. The largest absolute Gasteiger partial charge is 0.378 e. The summed E-state index contributed by atoms with van der Waals surface area (Å²) >= 11 is 1.74. The van der Waals surface area contributed by atoms with Crippen molar-refractivity contribution in [1.29, 1.82) is 0 Å². The van der Waals surface area contributed by atoms with E-state index in [-0.39, 0.29) is 29.9 Å². The number of hydrogen-bond acceptors (Lipinski definition) is 6. The molecule has 1 N–H and O–H groups in total. The fraction of sp³-hybridized carbons (Fsp3) is 0.700. The molecule has 0 aliphatic carbocycles. The van der Waals surface area contributed by atoms with Gasteiger partial charge in [-0.25, -0.2) is 0 Å². The summed E-state index contributed by atoms with van der Waals surface area (Å²) in [6.45, 7) is 5.04. The Morgan fingerprint density at radius 3 is 2.89 bits per heavy atom. The van der Waals surface area contributed by atoms with E-state index in [9.17, 15) is 9.59 Å². The van der Waals surface area contributed by atoms with Gasteiger partial charge in [0.25, 0.3) is 0 Å². The number of likely N-dealkylation sites (N-methyl/N-ethyl adjacent to an activating group) is 1. The molecule has 2 amide bonds. The van der Waals surface area contributed by atoms with Gasteiger partial charge in [-0.15, -0.1) is 11.3 Å². The number of likely N-dealkylation sites (tertiary alicyclic amines) is 1. The minimum Gasteiger partial charge on any atom is -0.378 e. The Kier molecular flexibility index (Phi) is 6.30. The first-order valence-electron chi connectivity index (χ1n) is 10.2. The SMILES string of the molecule is CN1[C@@H](CCC(=O)N2CCOCC2)CNC(=O)[C@@H]2[C@H]1CCN2Cc1cccs1. The van der Waals surface area contributed by atoms with Gasteiger partial charge in [0.2, 0.25) is 11.8 Å². The van der Waals surface area contributed by atoms with Gasteiger partial charge in [-0.3, -0.25) is 19.4 Å². The Morgan fingerprint density at radius 2 is 2.14 bits per heavy atom. The summed E-state index contributed by atoms with van der Waals surface area (Å²) in [5.41, 5.74) is 0. The van der Waals surface area contributed by atoms with Crippen LogP contribution in [0.25, 0.3) is 0 Å². The van der Waals surface area contributed by atoms with Gasteiger partial charge >= 0.3 is 0 Å². The average Bonchev–Trinajstić information content (AvgIpc) is 3.35. The Balaban J connectivity index is 1.37. The topological polar surface area (TPSA) is 65.1 Å². The van der Waals surface area contributed by atoms with Crippen LogP contribution in [-0.4, -0.2) is 91.1 Å². The highest BCUT2D eigenvalue weighted by molar-refractivity contribution is 7.09. The lowest BCUT2D eigenvalue weighted by Gasteiger charge is -2.33. The zero-order chi connectivity index (χ0) is 19.5. The molecule has 1 aromatic heterocycles. The molecule has 8 heteroatoms. The van der Waals surface area contributed by atoms with Gasteiger partial charge in [0.05, 0.1) is 13.2 Å². The molecule has 0 aromatic carbocycles. The lowest BCUT2D eigenvalue weighted by atomic mass is 10.0. The van der Waals surface area contributed by atoms with Crippen LogP contribution in [0.1, 0.15) is 24.1 Å². The van der Waals surface area contributed by atoms with E-state index in [2.05, 4.69) is 39.7 Å². The molecule has 7 nitrogen and oxygen atoms in total. The molecule has 3 saturated heterocycles. The highest BCUT2D eigenvalue weighted by atomic mass is 32.1. The van der Waals surface area contributed by atoms with E-state index >= 15 is 0 Å². The van der Waals surface area contributed by atoms with E-state index in [0.717, 1.165) is 25.9 Å². The molecule has 154 valence electrons. The lowest BCUT2D eigenvalue weighted by molar-refractivity contribution is -0.135. The van der Waals surface area contributed by atoms with E-state index in [1.165, 1.54) is 4.88 Å². The molecule has 4 heterocycles. The zero-order valence-corrected chi connectivity index (χ0v) is 17.3. The number of nitrogens with zero attached hydrogens (tertiary/aromatic N) is 3. The quantitative estimate of drug-likeness (QED) is 0.782. The minimum atomic E-state index is -0.105. The normalized spacial score (nSPS) is 29.4. The second kappa shape index (κ2) is 8.90. The third-order valence-corrected chi connectivity index (χ3v) is 7.20. The van der Waals surface area contributed by atoms with Gasteiger partial charge in [-0.1, -0.05) is 6.07 Å². The summed E-state index contributed by atoms with van der Waals surface area (Å²) in [7, 11) is 2.12. The first-order valence-corrected chi connectivity index (χ1v) is 11.1. The highest BCUT2D eigenvalue weighted by Crippen LogP contribution is 2.29. The van der Waals surface area contributed by atoms with Crippen LogP contribution in [0.4, 0.5) is 0 Å². The summed E-state index contributed by atoms with van der Waals surface area (Å²) in [6, 6.07) is 4.51. The number of thiophene rings is 1. The van der Waals surface area contributed by atoms with Crippen LogP contribution in [-0.2, 0) is 20.9 Å². The number of amides is 2. The first kappa shape index (κ1) is 19.8. The fourth-order valence-electron chi connectivity index (χ4n) is 4.69. The molecule has 28 heavy (non-hydrogen) atoms. The van der Waals surface area contributed by atoms with E-state index in [4.69, 9.17) is 4.74 Å². The van der Waals surface area contributed by atoms with Crippen LogP contribution < -0.4 is 5.32 Å². The maximum Gasteiger partial charge on any atom is 0.239 e. The Labute approximate surface area is 170 Å². The predicted molar refractivity (Wildman–Crippen MR) is 108 cm³/mol. The maximum absolute atomic E-state index is 12.8. The van der Waals surface area contributed by atoms with Gasteiger partial charge in [-0.05, 0) is 31.3 Å². The van der Waals surface area contributed by atoms with Crippen molar-refractivity contribution in [1.82, 2.24) is 20.0 Å². The van der Waals surface area contributed by atoms with Gasteiger partial charge in [0, 0.05) is 56.1 Å². The van der Waals surface area contributed by atoms with E-state index in [0.29, 0.717) is 39.3 Å². The fourth-order valence-corrected chi connectivity index (χ4v) is 5.42. The van der Waals surface area contributed by atoms with Crippen LogP contribution in [0.5, 0.6) is 0 Å². The van der Waals surface area contributed by atoms with Gasteiger partial charge < -0.3 is 15.0 Å². The van der Waals surface area contributed by atoms with Crippen LogP contribution >= 0.6 is 11.3 Å². The van der Waals surface area contributed by atoms with Gasteiger partial charge in [-0.2, -0.15) is 0 Å². The molecule has 0 spiro atoms. The summed E-state index contributed by atoms with van der Waals surface area (Å²) in [5.74, 6) is 0.336. The highest BCUT2D eigenvalue weighted by Gasteiger charge is 2.45. The maximum atomic E-state index is 12.8.